The van der Waals surface area contributed by atoms with Gasteiger partial charge in [-0.25, -0.2) is 0 Å². The molecule has 8 heavy (non-hydrogen) atoms. The molecule has 0 atom stereocenters. The summed E-state index contributed by atoms with van der Waals surface area (Å²) in [6.45, 7) is 4.65. The zero-order chi connectivity index (χ0) is 6.83. The third-order valence-corrected chi connectivity index (χ3v) is 0.186. The van der Waals surface area contributed by atoms with Gasteiger partial charge in [0.2, 0.25) is 6.41 Å². The van der Waals surface area contributed by atoms with Crippen LogP contribution < -0.4 is 5.32 Å². The Morgan fingerprint density at radius 3 is 1.88 bits per heavy atom. The van der Waals surface area contributed by atoms with Crippen LogP contribution in [0.3, 0.4) is 0 Å². The van der Waals surface area contributed by atoms with Gasteiger partial charge in [0.15, 0.2) is 0 Å². The average molecular weight is 115 g/mol. The van der Waals surface area contributed by atoms with E-state index in [0.717, 1.165) is 6.29 Å². The van der Waals surface area contributed by atoms with E-state index in [-0.39, 0.29) is 0 Å². The first-order valence-electron chi connectivity index (χ1n) is 2.03. The predicted octanol–water partition coefficient (Wildman–Crippen LogP) is 0.0811. The Morgan fingerprint density at radius 1 is 1.50 bits per heavy atom. The second kappa shape index (κ2) is 16.9. The van der Waals surface area contributed by atoms with Gasteiger partial charge >= 0.3 is 0 Å². The van der Waals surface area contributed by atoms with E-state index in [0.29, 0.717) is 6.41 Å². The molecule has 1 N–H and O–H groups in total. The Hall–Kier alpha value is -1.12. The molecule has 1 amide bonds. The minimum atomic E-state index is 0.562. The van der Waals surface area contributed by atoms with E-state index in [9.17, 15) is 4.79 Å². The van der Waals surface area contributed by atoms with Gasteiger partial charge in [0.1, 0.15) is 6.29 Å². The first-order valence-corrected chi connectivity index (χ1v) is 2.03. The van der Waals surface area contributed by atoms with Crippen LogP contribution in [0.25, 0.3) is 0 Å². The highest BCUT2D eigenvalue weighted by molar-refractivity contribution is 5.47. The fraction of sp³-hybridized carbons (Fsp3) is 0.200. The van der Waals surface area contributed by atoms with Crippen molar-refractivity contribution in [3.63, 3.8) is 0 Å². The maximum Gasteiger partial charge on any atom is 0.211 e. The summed E-state index contributed by atoms with van der Waals surface area (Å²) < 4.78 is 0. The molecule has 0 aromatic carbocycles. The zero-order valence-corrected chi connectivity index (χ0v) is 4.76. The first kappa shape index (κ1) is 9.99. The van der Waals surface area contributed by atoms with Crippen molar-refractivity contribution in [2.75, 3.05) is 0 Å². The van der Waals surface area contributed by atoms with E-state index in [1.165, 1.54) is 13.1 Å². The lowest BCUT2D eigenvalue weighted by atomic mass is 11.0. The molecule has 0 unspecified atom stereocenters. The summed E-state index contributed by atoms with van der Waals surface area (Å²) in [5.74, 6) is 0. The lowest BCUT2D eigenvalue weighted by Crippen LogP contribution is -1.96. The van der Waals surface area contributed by atoms with Crippen LogP contribution >= 0.6 is 0 Å². The van der Waals surface area contributed by atoms with Gasteiger partial charge in [0, 0.05) is 0 Å². The van der Waals surface area contributed by atoms with Crippen molar-refractivity contribution < 1.29 is 9.59 Å². The molecule has 3 nitrogen and oxygen atoms in total. The summed E-state index contributed by atoms with van der Waals surface area (Å²) in [4.78, 5) is 18.0. The van der Waals surface area contributed by atoms with Crippen molar-refractivity contribution in [1.82, 2.24) is 5.32 Å². The standard InChI is InChI=1S/C3H5NO.C2H4O/c1-2-4-3-5;1-2-3/h2-3H,1H2,(H,4,5);2H,1H3. The lowest BCUT2D eigenvalue weighted by molar-refractivity contribution is -0.108. The SMILES string of the molecule is C=CNC=O.CC=O. The largest absolute Gasteiger partial charge is 0.336 e. The van der Waals surface area contributed by atoms with Gasteiger partial charge in [-0.1, -0.05) is 6.58 Å². The highest BCUT2D eigenvalue weighted by atomic mass is 16.1. The van der Waals surface area contributed by atoms with E-state index in [2.05, 4.69) is 11.9 Å². The average Bonchev–Trinajstić information content (AvgIpc) is 1.71. The quantitative estimate of drug-likeness (QED) is 0.518. The van der Waals surface area contributed by atoms with Gasteiger partial charge in [-0.3, -0.25) is 4.79 Å². The Balaban J connectivity index is 0. The Morgan fingerprint density at radius 2 is 1.88 bits per heavy atom. The van der Waals surface area contributed by atoms with Crippen LogP contribution in [-0.4, -0.2) is 12.7 Å². The van der Waals surface area contributed by atoms with Crippen LogP contribution in [0.5, 0.6) is 0 Å². The molecule has 0 aromatic rings. The number of carbonyl (C=O) groups is 2. The van der Waals surface area contributed by atoms with Crippen molar-refractivity contribution >= 4 is 12.7 Å². The number of hydrogen-bond acceptors (Lipinski definition) is 2. The molecule has 0 fully saturated rings. The van der Waals surface area contributed by atoms with Crippen molar-refractivity contribution in [2.24, 2.45) is 0 Å². The molecule has 0 aromatic heterocycles. The monoisotopic (exact) mass is 115 g/mol. The van der Waals surface area contributed by atoms with Gasteiger partial charge in [0.05, 0.1) is 0 Å². The molecular weight excluding hydrogens is 106 g/mol. The normalized spacial score (nSPS) is 5.12. The predicted molar refractivity (Wildman–Crippen MR) is 31.1 cm³/mol. The third-order valence-electron chi connectivity index (χ3n) is 0.186. The number of amides is 1. The smallest absolute Gasteiger partial charge is 0.211 e. The first-order chi connectivity index (χ1) is 3.83. The number of carbonyl (C=O) groups excluding carboxylic acids is 2. The molecule has 0 aliphatic carbocycles. The van der Waals surface area contributed by atoms with Crippen molar-refractivity contribution in [2.45, 2.75) is 6.92 Å². The highest BCUT2D eigenvalue weighted by Gasteiger charge is 1.50. The van der Waals surface area contributed by atoms with E-state index in [1.54, 1.807) is 0 Å². The molecule has 0 heterocycles. The maximum atomic E-state index is 9.22. The summed E-state index contributed by atoms with van der Waals surface area (Å²) in [7, 11) is 0. The Kier molecular flexibility index (Phi) is 21.1. The van der Waals surface area contributed by atoms with Crippen molar-refractivity contribution in [3.05, 3.63) is 12.8 Å². The lowest BCUT2D eigenvalue weighted by Gasteiger charge is -1.70. The zero-order valence-electron chi connectivity index (χ0n) is 4.76. The van der Waals surface area contributed by atoms with Crippen LogP contribution in [-0.2, 0) is 9.59 Å². The van der Waals surface area contributed by atoms with Gasteiger partial charge in [-0.2, -0.15) is 0 Å². The molecule has 0 aliphatic rings. The van der Waals surface area contributed by atoms with Gasteiger partial charge in [-0.15, -0.1) is 0 Å². The van der Waals surface area contributed by atoms with Crippen LogP contribution in [0, 0.1) is 0 Å². The van der Waals surface area contributed by atoms with E-state index >= 15 is 0 Å². The number of aldehydes is 1. The van der Waals surface area contributed by atoms with Crippen LogP contribution in [0.2, 0.25) is 0 Å². The third kappa shape index (κ3) is 94.9. The summed E-state index contributed by atoms with van der Waals surface area (Å²) in [6, 6.07) is 0. The van der Waals surface area contributed by atoms with Gasteiger partial charge in [0.25, 0.3) is 0 Å². The molecule has 0 spiro atoms. The minimum absolute atomic E-state index is 0.562. The molecule has 0 radical (unpaired) electrons. The molecule has 3 heteroatoms. The highest BCUT2D eigenvalue weighted by Crippen LogP contribution is 1.35. The molecule has 0 aliphatic heterocycles. The number of nitrogens with one attached hydrogen (secondary N) is 1. The molecule has 0 bridgehead atoms. The van der Waals surface area contributed by atoms with E-state index < -0.39 is 0 Å². The second-order valence-electron chi connectivity index (χ2n) is 0.724. The fourth-order valence-corrected chi connectivity index (χ4v) is 0.0481. The minimum Gasteiger partial charge on any atom is -0.336 e. The summed E-state index contributed by atoms with van der Waals surface area (Å²) >= 11 is 0. The second-order valence-corrected chi connectivity index (χ2v) is 0.724. The molecular formula is C5H9NO2. The Labute approximate surface area is 48.4 Å². The molecule has 0 rings (SSSR count). The summed E-state index contributed by atoms with van der Waals surface area (Å²) in [5, 5.41) is 2.19. The summed E-state index contributed by atoms with van der Waals surface area (Å²) in [6.07, 6.45) is 2.62. The van der Waals surface area contributed by atoms with Gasteiger partial charge in [-0.05, 0) is 13.1 Å². The molecule has 46 valence electrons. The maximum absolute atomic E-state index is 9.22. The van der Waals surface area contributed by atoms with Crippen molar-refractivity contribution in [3.8, 4) is 0 Å². The van der Waals surface area contributed by atoms with E-state index in [1.807, 2.05) is 0 Å². The number of rotatable bonds is 2. The summed E-state index contributed by atoms with van der Waals surface area (Å²) in [5.41, 5.74) is 0. The van der Waals surface area contributed by atoms with Crippen molar-refractivity contribution in [1.29, 1.82) is 0 Å². The Bertz CT molecular complexity index is 64.8. The van der Waals surface area contributed by atoms with Crippen LogP contribution in [0.1, 0.15) is 6.92 Å². The van der Waals surface area contributed by atoms with Gasteiger partial charge < -0.3 is 10.1 Å². The number of hydrogen-bond donors (Lipinski definition) is 1. The van der Waals surface area contributed by atoms with Crippen LogP contribution in [0.15, 0.2) is 12.8 Å². The van der Waals surface area contributed by atoms with E-state index in [4.69, 9.17) is 4.79 Å². The fourth-order valence-electron chi connectivity index (χ4n) is 0.0481. The molecule has 0 saturated carbocycles. The van der Waals surface area contributed by atoms with Crippen LogP contribution in [0.4, 0.5) is 0 Å². The molecule has 0 saturated heterocycles. The topological polar surface area (TPSA) is 46.2 Å².